The Balaban J connectivity index is 1.16. The summed E-state index contributed by atoms with van der Waals surface area (Å²) < 4.78 is 43.9. The third-order valence-electron chi connectivity index (χ3n) is 8.35. The minimum absolute atomic E-state index is 0.0564. The fraction of sp³-hybridized carbons (Fsp3) is 0.400. The van der Waals surface area contributed by atoms with E-state index in [1.54, 1.807) is 18.2 Å². The van der Waals surface area contributed by atoms with Gasteiger partial charge in [-0.15, -0.1) is 0 Å². The number of piperazine rings is 1. The minimum atomic E-state index is -0.760. The molecule has 1 saturated carbocycles. The zero-order valence-electron chi connectivity index (χ0n) is 24.7. The van der Waals surface area contributed by atoms with Crippen molar-refractivity contribution in [2.75, 3.05) is 68.1 Å². The van der Waals surface area contributed by atoms with Crippen LogP contribution in [0.25, 0.3) is 10.9 Å². The van der Waals surface area contributed by atoms with Crippen molar-refractivity contribution in [3.05, 3.63) is 63.9 Å². The molecule has 0 bridgehead atoms. The molecule has 0 unspecified atom stereocenters. The highest BCUT2D eigenvalue weighted by Crippen LogP contribution is 2.38. The molecular weight excluding hydrogens is 610 g/mol. The average Bonchev–Trinajstić information content (AvgIpc) is 3.82. The van der Waals surface area contributed by atoms with E-state index in [4.69, 9.17) is 9.47 Å². The van der Waals surface area contributed by atoms with Gasteiger partial charge in [0.1, 0.15) is 23.3 Å². The van der Waals surface area contributed by atoms with E-state index >= 15 is 8.78 Å². The van der Waals surface area contributed by atoms with Crippen molar-refractivity contribution < 1.29 is 32.6 Å². The number of hydrogen-bond donors (Lipinski definition) is 2. The number of esters is 1. The number of urea groups is 1. The topological polar surface area (TPSA) is 117 Å². The molecule has 12 nitrogen and oxygen atoms in total. The Bertz CT molecular complexity index is 1740. The third-order valence-corrected chi connectivity index (χ3v) is 8.69. The second-order valence-corrected chi connectivity index (χ2v) is 11.7. The van der Waals surface area contributed by atoms with Gasteiger partial charge in [0, 0.05) is 50.9 Å². The van der Waals surface area contributed by atoms with Crippen LogP contribution in [0, 0.1) is 11.6 Å². The van der Waals surface area contributed by atoms with Crippen molar-refractivity contribution in [1.82, 2.24) is 14.2 Å². The molecule has 1 aliphatic carbocycles. The van der Waals surface area contributed by atoms with Crippen LogP contribution in [0.1, 0.15) is 29.2 Å². The number of thiol groups is 1. The second kappa shape index (κ2) is 12.1. The summed E-state index contributed by atoms with van der Waals surface area (Å²) in [5.41, 5.74) is 0.847. The molecule has 3 fully saturated rings. The van der Waals surface area contributed by atoms with Crippen LogP contribution in [0.15, 0.2) is 41.3 Å². The lowest BCUT2D eigenvalue weighted by Crippen LogP contribution is -2.47. The van der Waals surface area contributed by atoms with Gasteiger partial charge in [-0.3, -0.25) is 14.0 Å². The summed E-state index contributed by atoms with van der Waals surface area (Å²) >= 11 is 4.09. The Kier molecular flexibility index (Phi) is 8.20. The molecule has 6 rings (SSSR count). The quantitative estimate of drug-likeness (QED) is 0.297. The first-order chi connectivity index (χ1) is 21.6. The number of rotatable bonds is 7. The molecule has 1 aromatic heterocycles. The van der Waals surface area contributed by atoms with Crippen LogP contribution in [0.3, 0.4) is 0 Å². The fourth-order valence-corrected chi connectivity index (χ4v) is 6.13. The van der Waals surface area contributed by atoms with Crippen molar-refractivity contribution >= 4 is 58.9 Å². The number of aromatic nitrogens is 1. The van der Waals surface area contributed by atoms with Crippen LogP contribution in [0.4, 0.5) is 35.4 Å². The van der Waals surface area contributed by atoms with Gasteiger partial charge in [-0.05, 0) is 43.2 Å². The molecule has 2 aliphatic heterocycles. The molecule has 0 spiro atoms. The number of carbonyl (C=O) groups excluding carboxylic acids is 3. The summed E-state index contributed by atoms with van der Waals surface area (Å²) in [6, 6.07) is 7.01. The molecule has 3 aromatic rings. The molecule has 0 radical (unpaired) electrons. The van der Waals surface area contributed by atoms with E-state index in [0.29, 0.717) is 48.8 Å². The number of hydrogen-bond acceptors (Lipinski definition) is 9. The fourth-order valence-electron chi connectivity index (χ4n) is 5.85. The lowest BCUT2D eigenvalue weighted by Gasteiger charge is -2.37. The van der Waals surface area contributed by atoms with Gasteiger partial charge in [0.05, 0.1) is 42.8 Å². The van der Waals surface area contributed by atoms with E-state index in [2.05, 4.69) is 18.1 Å². The molecule has 3 heterocycles. The van der Waals surface area contributed by atoms with E-state index in [-0.39, 0.29) is 30.1 Å². The highest BCUT2D eigenvalue weighted by Gasteiger charge is 2.35. The van der Waals surface area contributed by atoms with Gasteiger partial charge in [0.25, 0.3) is 0 Å². The highest BCUT2D eigenvalue weighted by atomic mass is 32.1. The van der Waals surface area contributed by atoms with Crippen LogP contribution in [-0.2, 0) is 9.47 Å². The van der Waals surface area contributed by atoms with Crippen LogP contribution in [-0.4, -0.2) is 86.5 Å². The smallest absolute Gasteiger partial charge is 0.414 e. The zero-order valence-corrected chi connectivity index (χ0v) is 25.6. The largest absolute Gasteiger partial charge is 0.465 e. The Morgan fingerprint density at radius 1 is 1.04 bits per heavy atom. The molecule has 2 saturated heterocycles. The molecule has 3 aliphatic rings. The summed E-state index contributed by atoms with van der Waals surface area (Å²) in [4.78, 5) is 54.4. The Morgan fingerprint density at radius 2 is 1.71 bits per heavy atom. The van der Waals surface area contributed by atoms with Crippen molar-refractivity contribution in [3.8, 4) is 0 Å². The molecule has 45 heavy (non-hydrogen) atoms. The lowest BCUT2D eigenvalue weighted by atomic mass is 10.1. The van der Waals surface area contributed by atoms with E-state index in [1.165, 1.54) is 37.4 Å². The van der Waals surface area contributed by atoms with Crippen LogP contribution >= 0.6 is 12.8 Å². The number of halogens is 2. The summed E-state index contributed by atoms with van der Waals surface area (Å²) in [6.45, 7) is 1.76. The minimum Gasteiger partial charge on any atom is -0.465 e. The number of anilines is 3. The predicted octanol–water partition coefficient (Wildman–Crippen LogP) is 3.54. The van der Waals surface area contributed by atoms with Gasteiger partial charge in [-0.25, -0.2) is 23.2 Å². The normalized spacial score (nSPS) is 18.3. The number of benzene rings is 2. The van der Waals surface area contributed by atoms with E-state index < -0.39 is 41.3 Å². The number of cyclic esters (lactones) is 1. The second-order valence-electron chi connectivity index (χ2n) is 11.2. The molecule has 1 N–H and O–H groups in total. The number of methoxy groups -OCH3 is 1. The van der Waals surface area contributed by atoms with Gasteiger partial charge >= 0.3 is 18.1 Å². The summed E-state index contributed by atoms with van der Waals surface area (Å²) in [6.07, 6.45) is 2.00. The average molecular weight is 643 g/mol. The first kappa shape index (κ1) is 30.5. The standard InChI is InChI=1S/C30H32F2N6O6S/c1-33-29(41)38(45)15-19-14-37(30(42)44-19)18-5-6-24(22(31)11-18)34-7-9-35(10-8-34)26-13-25-20(12-23(26)32)27(39)21(28(40)43-2)16-36(25)17-3-4-17/h5-6,11-13,16-17,19,45H,3-4,7-10,14-15H2,1-2H3,(H,33,41)/t19-/m0/s1. The molecule has 1 atom stereocenters. The maximum atomic E-state index is 15.5. The Labute approximate surface area is 262 Å². The Morgan fingerprint density at radius 3 is 2.33 bits per heavy atom. The monoisotopic (exact) mass is 642 g/mol. The SMILES string of the molecule is CNC(=O)N(S)C[C@@H]1CN(c2ccc(N3CCN(c4cc5c(cc4F)c(=O)c(C(=O)OC)cn5C4CC4)CC3)c(F)c2)C(=O)O1. The number of fused-ring (bicyclic) bond motifs is 1. The summed E-state index contributed by atoms with van der Waals surface area (Å²) in [5.74, 6) is -1.87. The van der Waals surface area contributed by atoms with E-state index in [0.717, 1.165) is 17.1 Å². The van der Waals surface area contributed by atoms with Gasteiger partial charge in [0.15, 0.2) is 0 Å². The zero-order chi connectivity index (χ0) is 32.0. The number of amides is 3. The van der Waals surface area contributed by atoms with Gasteiger partial charge < -0.3 is 29.2 Å². The maximum Gasteiger partial charge on any atom is 0.414 e. The number of carbonyl (C=O) groups is 3. The molecular formula is C30H32F2N6O6S. The van der Waals surface area contributed by atoms with Crippen LogP contribution < -0.4 is 25.4 Å². The van der Waals surface area contributed by atoms with Crippen molar-refractivity contribution in [2.45, 2.75) is 25.0 Å². The van der Waals surface area contributed by atoms with Crippen molar-refractivity contribution in [2.24, 2.45) is 0 Å². The molecule has 15 heteroatoms. The van der Waals surface area contributed by atoms with Crippen molar-refractivity contribution in [1.29, 1.82) is 0 Å². The van der Waals surface area contributed by atoms with Gasteiger partial charge in [0.2, 0.25) is 5.43 Å². The van der Waals surface area contributed by atoms with Gasteiger partial charge in [-0.1, -0.05) is 12.8 Å². The molecule has 3 amide bonds. The number of ether oxygens (including phenoxy) is 2. The van der Waals surface area contributed by atoms with Crippen LogP contribution in [0.2, 0.25) is 0 Å². The maximum absolute atomic E-state index is 15.5. The van der Waals surface area contributed by atoms with Gasteiger partial charge in [-0.2, -0.15) is 0 Å². The Hall–Kier alpha value is -4.53. The predicted molar refractivity (Wildman–Crippen MR) is 166 cm³/mol. The number of nitrogens with zero attached hydrogens (tertiary/aromatic N) is 5. The molecule has 2 aromatic carbocycles. The summed E-state index contributed by atoms with van der Waals surface area (Å²) in [5, 5.41) is 2.55. The number of nitrogens with one attached hydrogen (secondary N) is 1. The third kappa shape index (κ3) is 5.83. The first-order valence-electron chi connectivity index (χ1n) is 14.5. The first-order valence-corrected chi connectivity index (χ1v) is 14.9. The lowest BCUT2D eigenvalue weighted by molar-refractivity contribution is 0.0598. The van der Waals surface area contributed by atoms with E-state index in [1.807, 2.05) is 14.4 Å². The highest BCUT2D eigenvalue weighted by molar-refractivity contribution is 7.78. The van der Waals surface area contributed by atoms with E-state index in [9.17, 15) is 19.2 Å². The molecule has 238 valence electrons. The van der Waals surface area contributed by atoms with Crippen LogP contribution in [0.5, 0.6) is 0 Å². The number of pyridine rings is 1. The van der Waals surface area contributed by atoms with Crippen molar-refractivity contribution in [3.63, 3.8) is 0 Å². The summed E-state index contributed by atoms with van der Waals surface area (Å²) in [7, 11) is 2.66.